The molecule has 2 fully saturated rings. The molecule has 0 spiro atoms. The summed E-state index contributed by atoms with van der Waals surface area (Å²) >= 11 is 0. The van der Waals surface area contributed by atoms with Gasteiger partial charge < -0.3 is 14.5 Å². The van der Waals surface area contributed by atoms with Crippen LogP contribution in [0.5, 0.6) is 5.75 Å². The lowest BCUT2D eigenvalue weighted by molar-refractivity contribution is -0.144. The summed E-state index contributed by atoms with van der Waals surface area (Å²) in [7, 11) is 1.64. The molecule has 0 bridgehead atoms. The lowest BCUT2D eigenvalue weighted by atomic mass is 9.98. The molecule has 2 aliphatic heterocycles. The van der Waals surface area contributed by atoms with E-state index in [1.54, 1.807) is 7.11 Å². The Labute approximate surface area is 156 Å². The summed E-state index contributed by atoms with van der Waals surface area (Å²) in [6, 6.07) is 7.58. The van der Waals surface area contributed by atoms with Gasteiger partial charge in [0.15, 0.2) is 0 Å². The fourth-order valence-electron chi connectivity index (χ4n) is 3.95. The van der Waals surface area contributed by atoms with Gasteiger partial charge >= 0.3 is 0 Å². The topological polar surface area (TPSA) is 49.9 Å². The van der Waals surface area contributed by atoms with E-state index in [1.807, 2.05) is 34.1 Å². The van der Waals surface area contributed by atoms with Crippen molar-refractivity contribution in [2.45, 2.75) is 51.5 Å². The Morgan fingerprint density at radius 1 is 1.08 bits per heavy atom. The number of amides is 2. The first-order chi connectivity index (χ1) is 12.6. The maximum absolute atomic E-state index is 12.9. The van der Waals surface area contributed by atoms with Crippen molar-refractivity contribution in [1.29, 1.82) is 0 Å². The summed E-state index contributed by atoms with van der Waals surface area (Å²) in [5.41, 5.74) is 1.12. The van der Waals surface area contributed by atoms with E-state index in [2.05, 4.69) is 6.92 Å². The average Bonchev–Trinajstić information content (AvgIpc) is 3.16. The van der Waals surface area contributed by atoms with Gasteiger partial charge in [-0.05, 0) is 55.7 Å². The van der Waals surface area contributed by atoms with Crippen LogP contribution in [0.3, 0.4) is 0 Å². The number of hydrogen-bond acceptors (Lipinski definition) is 3. The minimum atomic E-state index is -0.244. The Bertz CT molecular complexity index is 621. The smallest absolute Gasteiger partial charge is 0.245 e. The summed E-state index contributed by atoms with van der Waals surface area (Å²) in [6.07, 6.45) is 5.02. The first-order valence-corrected chi connectivity index (χ1v) is 9.79. The molecular weight excluding hydrogens is 328 g/mol. The molecule has 3 rings (SSSR count). The molecule has 0 radical (unpaired) electrons. The fraction of sp³-hybridized carbons (Fsp3) is 0.619. The monoisotopic (exact) mass is 358 g/mol. The third-order valence-electron chi connectivity index (χ3n) is 5.74. The summed E-state index contributed by atoms with van der Waals surface area (Å²) < 4.78 is 5.16. The molecule has 5 nitrogen and oxygen atoms in total. The second-order valence-corrected chi connectivity index (χ2v) is 7.60. The summed E-state index contributed by atoms with van der Waals surface area (Å²) in [4.78, 5) is 29.4. The molecule has 1 aromatic carbocycles. The molecule has 2 heterocycles. The molecule has 1 aromatic rings. The van der Waals surface area contributed by atoms with Crippen LogP contribution >= 0.6 is 0 Å². The molecule has 0 aromatic heterocycles. The number of methoxy groups -OCH3 is 1. The van der Waals surface area contributed by atoms with Crippen molar-refractivity contribution in [3.63, 3.8) is 0 Å². The average molecular weight is 358 g/mol. The number of carbonyl (C=O) groups excluding carboxylic acids is 2. The minimum absolute atomic E-state index is 0.0991. The van der Waals surface area contributed by atoms with Gasteiger partial charge in [0, 0.05) is 26.1 Å². The van der Waals surface area contributed by atoms with Gasteiger partial charge in [-0.1, -0.05) is 19.1 Å². The Balaban J connectivity index is 1.54. The number of likely N-dealkylation sites (tertiary alicyclic amines) is 2. The van der Waals surface area contributed by atoms with Crippen LogP contribution in [0.4, 0.5) is 0 Å². The van der Waals surface area contributed by atoms with Gasteiger partial charge in [-0.3, -0.25) is 9.59 Å². The largest absolute Gasteiger partial charge is 0.497 e. The molecule has 0 saturated carbocycles. The van der Waals surface area contributed by atoms with Crippen LogP contribution in [0.25, 0.3) is 0 Å². The van der Waals surface area contributed by atoms with Gasteiger partial charge in [-0.25, -0.2) is 0 Å². The highest BCUT2D eigenvalue weighted by atomic mass is 16.5. The fourth-order valence-corrected chi connectivity index (χ4v) is 3.95. The molecule has 0 unspecified atom stereocenters. The van der Waals surface area contributed by atoms with E-state index < -0.39 is 0 Å². The van der Waals surface area contributed by atoms with Crippen LogP contribution in [0, 0.1) is 5.92 Å². The van der Waals surface area contributed by atoms with Crippen LogP contribution < -0.4 is 4.74 Å². The third-order valence-corrected chi connectivity index (χ3v) is 5.74. The summed E-state index contributed by atoms with van der Waals surface area (Å²) in [6.45, 7) is 4.63. The number of carbonyl (C=O) groups is 2. The number of ether oxygens (including phenoxy) is 1. The van der Waals surface area contributed by atoms with Crippen LogP contribution in [0.2, 0.25) is 0 Å². The van der Waals surface area contributed by atoms with Crippen LogP contribution in [0.1, 0.15) is 44.6 Å². The number of nitrogens with zero attached hydrogens (tertiary/aromatic N) is 2. The molecule has 2 amide bonds. The van der Waals surface area contributed by atoms with E-state index in [9.17, 15) is 9.59 Å². The summed E-state index contributed by atoms with van der Waals surface area (Å²) in [5.74, 6) is 1.78. The lowest BCUT2D eigenvalue weighted by Gasteiger charge is -2.34. The van der Waals surface area contributed by atoms with Crippen LogP contribution in [0.15, 0.2) is 24.3 Å². The zero-order valence-corrected chi connectivity index (χ0v) is 15.9. The van der Waals surface area contributed by atoms with Crippen molar-refractivity contribution in [2.24, 2.45) is 5.92 Å². The van der Waals surface area contributed by atoms with E-state index in [0.717, 1.165) is 50.1 Å². The zero-order chi connectivity index (χ0) is 18.5. The number of benzene rings is 1. The van der Waals surface area contributed by atoms with Gasteiger partial charge in [-0.2, -0.15) is 0 Å². The Hall–Kier alpha value is -2.04. The van der Waals surface area contributed by atoms with Gasteiger partial charge in [0.2, 0.25) is 11.8 Å². The molecule has 5 heteroatoms. The van der Waals surface area contributed by atoms with Crippen molar-refractivity contribution < 1.29 is 14.3 Å². The van der Waals surface area contributed by atoms with E-state index in [1.165, 1.54) is 0 Å². The molecule has 0 aliphatic carbocycles. The molecule has 1 atom stereocenters. The van der Waals surface area contributed by atoms with Gasteiger partial charge in [0.05, 0.1) is 7.11 Å². The maximum atomic E-state index is 12.9. The highest BCUT2D eigenvalue weighted by molar-refractivity contribution is 5.88. The van der Waals surface area contributed by atoms with E-state index in [0.29, 0.717) is 25.3 Å². The number of aryl methyl sites for hydroxylation is 1. The molecule has 26 heavy (non-hydrogen) atoms. The Morgan fingerprint density at radius 3 is 2.42 bits per heavy atom. The van der Waals surface area contributed by atoms with Crippen molar-refractivity contribution in [3.8, 4) is 5.75 Å². The van der Waals surface area contributed by atoms with Crippen LogP contribution in [-0.4, -0.2) is 54.4 Å². The zero-order valence-electron chi connectivity index (χ0n) is 15.9. The van der Waals surface area contributed by atoms with E-state index >= 15 is 0 Å². The van der Waals surface area contributed by atoms with Crippen LogP contribution in [-0.2, 0) is 16.0 Å². The first-order valence-electron chi connectivity index (χ1n) is 9.79. The second-order valence-electron chi connectivity index (χ2n) is 7.60. The van der Waals surface area contributed by atoms with Crippen molar-refractivity contribution >= 4 is 11.8 Å². The van der Waals surface area contributed by atoms with E-state index in [4.69, 9.17) is 4.74 Å². The molecule has 2 saturated heterocycles. The maximum Gasteiger partial charge on any atom is 0.245 e. The lowest BCUT2D eigenvalue weighted by Crippen LogP contribution is -2.49. The minimum Gasteiger partial charge on any atom is -0.497 e. The Kier molecular flexibility index (Phi) is 6.17. The predicted octanol–water partition coefficient (Wildman–Crippen LogP) is 2.88. The predicted molar refractivity (Wildman–Crippen MR) is 101 cm³/mol. The molecular formula is C21H30N2O3. The summed E-state index contributed by atoms with van der Waals surface area (Å²) in [5, 5.41) is 0. The Morgan fingerprint density at radius 2 is 1.77 bits per heavy atom. The van der Waals surface area contributed by atoms with Gasteiger partial charge in [0.1, 0.15) is 11.8 Å². The number of rotatable bonds is 5. The van der Waals surface area contributed by atoms with Crippen molar-refractivity contribution in [2.75, 3.05) is 26.7 Å². The van der Waals surface area contributed by atoms with E-state index in [-0.39, 0.29) is 17.9 Å². The standard InChI is InChI=1S/C21H30N2O3/c1-16-11-14-22(15-12-16)21(25)19-4-3-13-23(19)20(24)10-7-17-5-8-18(26-2)9-6-17/h5-6,8-9,16,19H,3-4,7,10-15H2,1-2H3/t19-/m0/s1. The second kappa shape index (κ2) is 8.56. The normalized spacial score (nSPS) is 21.1. The SMILES string of the molecule is COc1ccc(CCC(=O)N2CCC[C@H]2C(=O)N2CCC(C)CC2)cc1. The quantitative estimate of drug-likeness (QED) is 0.813. The van der Waals surface area contributed by atoms with Gasteiger partial charge in [-0.15, -0.1) is 0 Å². The number of hydrogen-bond donors (Lipinski definition) is 0. The first kappa shape index (κ1) is 18.7. The van der Waals surface area contributed by atoms with Crippen molar-refractivity contribution in [1.82, 2.24) is 9.80 Å². The van der Waals surface area contributed by atoms with Gasteiger partial charge in [0.25, 0.3) is 0 Å². The molecule has 2 aliphatic rings. The highest BCUT2D eigenvalue weighted by Gasteiger charge is 2.36. The van der Waals surface area contributed by atoms with Crippen molar-refractivity contribution in [3.05, 3.63) is 29.8 Å². The molecule has 142 valence electrons. The number of piperidine rings is 1. The highest BCUT2D eigenvalue weighted by Crippen LogP contribution is 2.24. The third kappa shape index (κ3) is 4.37. The molecule has 0 N–H and O–H groups in total.